The summed E-state index contributed by atoms with van der Waals surface area (Å²) in [5.74, 6) is 2.20. The molecule has 0 radical (unpaired) electrons. The van der Waals surface area contributed by atoms with Crippen molar-refractivity contribution in [2.45, 2.75) is 25.5 Å². The number of hydrogen-bond donors (Lipinski definition) is 1. The number of anilines is 1. The molecule has 0 saturated heterocycles. The molecular formula is C24H30N4O5S. The van der Waals surface area contributed by atoms with Gasteiger partial charge in [-0.25, -0.2) is 0 Å². The number of rotatable bonds is 11. The molecule has 0 aliphatic carbocycles. The Hall–Kier alpha value is -3.24. The first kappa shape index (κ1) is 25.4. The Morgan fingerprint density at radius 1 is 0.941 bits per heavy atom. The van der Waals surface area contributed by atoms with Crippen LogP contribution in [-0.4, -0.2) is 61.5 Å². The van der Waals surface area contributed by atoms with Gasteiger partial charge in [0.1, 0.15) is 0 Å². The van der Waals surface area contributed by atoms with Gasteiger partial charge < -0.3 is 24.3 Å². The highest BCUT2D eigenvalue weighted by molar-refractivity contribution is 7.99. The maximum atomic E-state index is 12.6. The van der Waals surface area contributed by atoms with Gasteiger partial charge in [-0.1, -0.05) is 17.8 Å². The average molecular weight is 487 g/mol. The number of nitrogens with zero attached hydrogens (tertiary/aromatic N) is 3. The van der Waals surface area contributed by atoms with E-state index < -0.39 is 0 Å². The summed E-state index contributed by atoms with van der Waals surface area (Å²) in [7, 11) is 6.31. The number of thioether (sulfide) groups is 1. The summed E-state index contributed by atoms with van der Waals surface area (Å²) in [6, 6.07) is 9.58. The largest absolute Gasteiger partial charge is 0.493 e. The Morgan fingerprint density at radius 3 is 2.15 bits per heavy atom. The Labute approximate surface area is 203 Å². The van der Waals surface area contributed by atoms with Gasteiger partial charge in [0.2, 0.25) is 11.7 Å². The molecule has 1 aromatic heterocycles. The molecule has 3 rings (SSSR count). The third-order valence-corrected chi connectivity index (χ3v) is 5.96. The fraction of sp³-hybridized carbons (Fsp3) is 0.375. The van der Waals surface area contributed by atoms with Gasteiger partial charge in [-0.15, -0.1) is 10.2 Å². The molecule has 0 spiro atoms. The van der Waals surface area contributed by atoms with Crippen LogP contribution >= 0.6 is 11.8 Å². The van der Waals surface area contributed by atoms with Crippen LogP contribution in [-0.2, 0) is 16.1 Å². The lowest BCUT2D eigenvalue weighted by atomic mass is 10.1. The van der Waals surface area contributed by atoms with Gasteiger partial charge in [-0.05, 0) is 49.2 Å². The number of carbonyl (C=O) groups excluding carboxylic acids is 1. The minimum atomic E-state index is -0.120. The van der Waals surface area contributed by atoms with E-state index in [0.717, 1.165) is 22.4 Å². The number of amides is 1. The maximum Gasteiger partial charge on any atom is 0.234 e. The van der Waals surface area contributed by atoms with Crippen LogP contribution < -0.4 is 19.5 Å². The van der Waals surface area contributed by atoms with Crippen molar-refractivity contribution in [2.75, 3.05) is 46.1 Å². The molecule has 1 N–H and O–H groups in total. The lowest BCUT2D eigenvalue weighted by Crippen LogP contribution is -2.15. The molecule has 0 aliphatic rings. The van der Waals surface area contributed by atoms with Gasteiger partial charge >= 0.3 is 0 Å². The van der Waals surface area contributed by atoms with Gasteiger partial charge in [0.15, 0.2) is 22.5 Å². The van der Waals surface area contributed by atoms with Gasteiger partial charge in [0, 0.05) is 18.4 Å². The fourth-order valence-corrected chi connectivity index (χ4v) is 4.34. The van der Waals surface area contributed by atoms with E-state index in [1.165, 1.54) is 11.8 Å². The SMILES string of the molecule is COCCn1c(SCC(=O)Nc2cc(C)cc(C)c2)nnc1-c1cc(OC)c(OC)c(OC)c1. The first-order valence-electron chi connectivity index (χ1n) is 10.6. The van der Waals surface area contributed by atoms with Crippen molar-refractivity contribution in [1.82, 2.24) is 14.8 Å². The Morgan fingerprint density at radius 2 is 1.59 bits per heavy atom. The van der Waals surface area contributed by atoms with Crippen LogP contribution in [0.1, 0.15) is 11.1 Å². The number of hydrogen-bond acceptors (Lipinski definition) is 8. The van der Waals surface area contributed by atoms with E-state index in [1.807, 2.05) is 42.7 Å². The lowest BCUT2D eigenvalue weighted by molar-refractivity contribution is -0.113. The molecule has 2 aromatic carbocycles. The smallest absolute Gasteiger partial charge is 0.234 e. The van der Waals surface area contributed by atoms with E-state index in [-0.39, 0.29) is 11.7 Å². The minimum absolute atomic E-state index is 0.120. The van der Waals surface area contributed by atoms with Crippen molar-refractivity contribution in [3.05, 3.63) is 41.5 Å². The van der Waals surface area contributed by atoms with Crippen LogP contribution in [0.5, 0.6) is 17.2 Å². The zero-order valence-corrected chi connectivity index (χ0v) is 21.1. The van der Waals surface area contributed by atoms with E-state index in [2.05, 4.69) is 21.6 Å². The van der Waals surface area contributed by atoms with Gasteiger partial charge in [0.25, 0.3) is 0 Å². The first-order valence-corrected chi connectivity index (χ1v) is 11.6. The van der Waals surface area contributed by atoms with Crippen molar-refractivity contribution < 1.29 is 23.7 Å². The molecular weight excluding hydrogens is 456 g/mol. The highest BCUT2D eigenvalue weighted by Gasteiger charge is 2.20. The summed E-state index contributed by atoms with van der Waals surface area (Å²) in [4.78, 5) is 12.6. The molecule has 10 heteroatoms. The van der Waals surface area contributed by atoms with E-state index >= 15 is 0 Å². The monoisotopic (exact) mass is 486 g/mol. The molecule has 0 fully saturated rings. The summed E-state index contributed by atoms with van der Waals surface area (Å²) in [5.41, 5.74) is 3.71. The number of aryl methyl sites for hydroxylation is 2. The number of ether oxygens (including phenoxy) is 4. The summed E-state index contributed by atoms with van der Waals surface area (Å²) in [5, 5.41) is 12.3. The van der Waals surface area contributed by atoms with E-state index in [0.29, 0.717) is 41.4 Å². The molecule has 9 nitrogen and oxygen atoms in total. The van der Waals surface area contributed by atoms with E-state index in [4.69, 9.17) is 18.9 Å². The van der Waals surface area contributed by atoms with Crippen molar-refractivity contribution in [3.8, 4) is 28.6 Å². The molecule has 1 amide bonds. The van der Waals surface area contributed by atoms with Gasteiger partial charge in [-0.3, -0.25) is 9.36 Å². The fourth-order valence-electron chi connectivity index (χ4n) is 3.58. The topological polar surface area (TPSA) is 96.7 Å². The van der Waals surface area contributed by atoms with Crippen molar-refractivity contribution in [2.24, 2.45) is 0 Å². The second-order valence-corrected chi connectivity index (χ2v) is 8.52. The van der Waals surface area contributed by atoms with Crippen LogP contribution in [0, 0.1) is 13.8 Å². The zero-order chi connectivity index (χ0) is 24.7. The van der Waals surface area contributed by atoms with Crippen LogP contribution in [0.15, 0.2) is 35.5 Å². The molecule has 0 atom stereocenters. The number of aromatic nitrogens is 3. The molecule has 182 valence electrons. The predicted molar refractivity (Wildman–Crippen MR) is 132 cm³/mol. The number of benzene rings is 2. The Kier molecular flexibility index (Phi) is 8.78. The Bertz CT molecular complexity index is 1100. The maximum absolute atomic E-state index is 12.6. The zero-order valence-electron chi connectivity index (χ0n) is 20.3. The molecule has 0 aliphatic heterocycles. The summed E-state index contributed by atoms with van der Waals surface area (Å²) in [6.45, 7) is 4.97. The second kappa shape index (κ2) is 11.8. The van der Waals surface area contributed by atoms with Crippen LogP contribution in [0.4, 0.5) is 5.69 Å². The molecule has 1 heterocycles. The van der Waals surface area contributed by atoms with Crippen molar-refractivity contribution in [3.63, 3.8) is 0 Å². The second-order valence-electron chi connectivity index (χ2n) is 7.58. The van der Waals surface area contributed by atoms with Crippen molar-refractivity contribution in [1.29, 1.82) is 0 Å². The molecule has 0 saturated carbocycles. The van der Waals surface area contributed by atoms with E-state index in [1.54, 1.807) is 28.4 Å². The average Bonchev–Trinajstić information content (AvgIpc) is 3.22. The quantitative estimate of drug-likeness (QED) is 0.407. The number of nitrogens with one attached hydrogen (secondary N) is 1. The summed E-state index contributed by atoms with van der Waals surface area (Å²) < 4.78 is 23.6. The third kappa shape index (κ3) is 6.00. The van der Waals surface area contributed by atoms with Crippen molar-refractivity contribution >= 4 is 23.4 Å². The number of methoxy groups -OCH3 is 4. The lowest BCUT2D eigenvalue weighted by Gasteiger charge is -2.15. The van der Waals surface area contributed by atoms with E-state index in [9.17, 15) is 4.79 Å². The minimum Gasteiger partial charge on any atom is -0.493 e. The van der Waals surface area contributed by atoms with Gasteiger partial charge in [0.05, 0.1) is 40.2 Å². The summed E-state index contributed by atoms with van der Waals surface area (Å²) >= 11 is 1.31. The highest BCUT2D eigenvalue weighted by atomic mass is 32.2. The standard InChI is InChI=1S/C24H30N4O5S/c1-15-9-16(2)11-18(10-15)25-21(29)14-34-24-27-26-23(28(24)7-8-30-3)17-12-19(31-4)22(33-6)20(13-17)32-5/h9-13H,7-8,14H2,1-6H3,(H,25,29). The molecule has 0 bridgehead atoms. The molecule has 34 heavy (non-hydrogen) atoms. The third-order valence-electron chi connectivity index (χ3n) is 5.00. The Balaban J connectivity index is 1.85. The normalized spacial score (nSPS) is 10.8. The predicted octanol–water partition coefficient (Wildman–Crippen LogP) is 3.96. The van der Waals surface area contributed by atoms with Crippen LogP contribution in [0.25, 0.3) is 11.4 Å². The van der Waals surface area contributed by atoms with Crippen LogP contribution in [0.3, 0.4) is 0 Å². The molecule has 3 aromatic rings. The summed E-state index contributed by atoms with van der Waals surface area (Å²) in [6.07, 6.45) is 0. The van der Waals surface area contributed by atoms with Gasteiger partial charge in [-0.2, -0.15) is 0 Å². The molecule has 0 unspecified atom stereocenters. The first-order chi connectivity index (χ1) is 16.4. The number of carbonyl (C=O) groups is 1. The highest BCUT2D eigenvalue weighted by Crippen LogP contribution is 2.41. The van der Waals surface area contributed by atoms with Crippen LogP contribution in [0.2, 0.25) is 0 Å².